The fourth-order valence-electron chi connectivity index (χ4n) is 8.22. The van der Waals surface area contributed by atoms with E-state index < -0.39 is 5.54 Å². The van der Waals surface area contributed by atoms with Gasteiger partial charge >= 0.3 is 0 Å². The molecular formula is C48H41N4OPt-. The molecule has 8 aromatic rings. The zero-order valence-electron chi connectivity index (χ0n) is 31.5. The Labute approximate surface area is 331 Å². The molecule has 3 aromatic heterocycles. The van der Waals surface area contributed by atoms with Crippen LogP contribution in [-0.4, -0.2) is 24.6 Å². The van der Waals surface area contributed by atoms with Crippen molar-refractivity contribution in [1.82, 2.24) is 19.5 Å². The zero-order valence-corrected chi connectivity index (χ0v) is 33.8. The summed E-state index contributed by atoms with van der Waals surface area (Å²) in [5, 5.41) is 13.4. The minimum absolute atomic E-state index is 0. The van der Waals surface area contributed by atoms with Crippen LogP contribution in [0.15, 0.2) is 116 Å². The van der Waals surface area contributed by atoms with E-state index in [1.165, 1.54) is 22.3 Å². The number of rotatable bonds is 4. The van der Waals surface area contributed by atoms with Crippen LogP contribution in [0.1, 0.15) is 57.0 Å². The Morgan fingerprint density at radius 3 is 2.17 bits per heavy atom. The number of benzene rings is 5. The number of hydrogen-bond acceptors (Lipinski definition) is 4. The quantitative estimate of drug-likeness (QED) is 0.179. The number of aromatic nitrogens is 4. The summed E-state index contributed by atoms with van der Waals surface area (Å²) in [6, 6.07) is 39.7. The van der Waals surface area contributed by atoms with Crippen molar-refractivity contribution >= 4 is 21.8 Å². The van der Waals surface area contributed by atoms with E-state index in [9.17, 15) is 5.11 Å². The van der Waals surface area contributed by atoms with Crippen LogP contribution >= 0.6 is 0 Å². The molecule has 1 N–H and O–H groups in total. The van der Waals surface area contributed by atoms with Crippen LogP contribution < -0.4 is 0 Å². The second-order valence-electron chi connectivity index (χ2n) is 16.0. The van der Waals surface area contributed by atoms with E-state index in [1.54, 1.807) is 6.07 Å². The molecule has 0 unspecified atom stereocenters. The van der Waals surface area contributed by atoms with Crippen molar-refractivity contribution in [2.45, 2.75) is 59.4 Å². The molecule has 0 radical (unpaired) electrons. The summed E-state index contributed by atoms with van der Waals surface area (Å²) in [7, 11) is 0. The van der Waals surface area contributed by atoms with E-state index in [0.717, 1.165) is 78.0 Å². The van der Waals surface area contributed by atoms with Gasteiger partial charge in [0.15, 0.2) is 0 Å². The Morgan fingerprint density at radius 1 is 0.722 bits per heavy atom. The van der Waals surface area contributed by atoms with Crippen molar-refractivity contribution < 1.29 is 26.2 Å². The smallest absolute Gasteiger partial charge is 0.145 e. The first-order chi connectivity index (χ1) is 25.4. The van der Waals surface area contributed by atoms with Crippen LogP contribution in [-0.2, 0) is 32.0 Å². The molecule has 0 amide bonds. The van der Waals surface area contributed by atoms with Crippen LogP contribution in [0, 0.1) is 19.9 Å². The molecule has 0 saturated carbocycles. The zero-order chi connectivity index (χ0) is 36.8. The first-order valence-corrected chi connectivity index (χ1v) is 18.3. The largest absolute Gasteiger partial charge is 0.507 e. The third-order valence-electron chi connectivity index (χ3n) is 11.0. The van der Waals surface area contributed by atoms with Gasteiger partial charge in [-0.2, -0.15) is 0 Å². The number of fused-ring (bicyclic) bond motifs is 4. The first kappa shape index (κ1) is 35.6. The molecule has 0 atom stereocenters. The van der Waals surface area contributed by atoms with Gasteiger partial charge in [0.25, 0.3) is 0 Å². The molecule has 0 saturated heterocycles. The molecule has 0 aliphatic carbocycles. The molecule has 270 valence electrons. The number of aromatic hydroxyl groups is 1. The predicted molar refractivity (Wildman–Crippen MR) is 217 cm³/mol. The molecule has 1 aliphatic rings. The van der Waals surface area contributed by atoms with Gasteiger partial charge in [0.2, 0.25) is 0 Å². The number of hydrogen-bond donors (Lipinski definition) is 1. The Kier molecular flexibility index (Phi) is 8.50. The average Bonchev–Trinajstić information content (AvgIpc) is 3.54. The molecule has 0 fully saturated rings. The fraction of sp³-hybridized carbons (Fsp3) is 0.188. The van der Waals surface area contributed by atoms with E-state index in [4.69, 9.17) is 15.0 Å². The van der Waals surface area contributed by atoms with Crippen LogP contribution in [0.25, 0.3) is 77.8 Å². The SMILES string of the molecule is Cc1cccc(C)c1-c1ccc(-c2[c-]c(-c3cc(-c4ccccc4)cc4c3nc3n4C(C)(C)c4nccc5ccc(O)c-3c45)cc(C(C)(C)C)c2)nc1.[Pt]. The van der Waals surface area contributed by atoms with E-state index in [-0.39, 0.29) is 32.2 Å². The Balaban J connectivity index is 0.00000413. The second-order valence-corrected chi connectivity index (χ2v) is 16.0. The molecule has 6 heteroatoms. The van der Waals surface area contributed by atoms with Crippen molar-refractivity contribution in [3.8, 4) is 61.8 Å². The minimum Gasteiger partial charge on any atom is -0.507 e. The summed E-state index contributed by atoms with van der Waals surface area (Å²) in [5.74, 6) is 0.929. The Morgan fingerprint density at radius 2 is 1.46 bits per heavy atom. The summed E-state index contributed by atoms with van der Waals surface area (Å²) >= 11 is 0. The van der Waals surface area contributed by atoms with Crippen LogP contribution in [0.3, 0.4) is 0 Å². The molecular weight excluding hydrogens is 844 g/mol. The van der Waals surface area contributed by atoms with Gasteiger partial charge in [-0.05, 0) is 90.1 Å². The third kappa shape index (κ3) is 5.60. The summed E-state index contributed by atoms with van der Waals surface area (Å²) < 4.78 is 2.27. The van der Waals surface area contributed by atoms with E-state index in [1.807, 2.05) is 30.6 Å². The number of phenolic OH excluding ortho intramolecular Hbond substituents is 1. The van der Waals surface area contributed by atoms with Gasteiger partial charge < -0.3 is 9.67 Å². The van der Waals surface area contributed by atoms with Crippen molar-refractivity contribution in [3.05, 3.63) is 144 Å². The van der Waals surface area contributed by atoms with Gasteiger partial charge in [-0.15, -0.1) is 29.3 Å². The Bertz CT molecular complexity index is 2740. The third-order valence-corrected chi connectivity index (χ3v) is 11.0. The normalized spacial score (nSPS) is 13.2. The average molecular weight is 885 g/mol. The molecule has 5 aromatic carbocycles. The molecule has 0 bridgehead atoms. The summed E-state index contributed by atoms with van der Waals surface area (Å²) in [6.45, 7) is 15.4. The van der Waals surface area contributed by atoms with E-state index in [2.05, 4.69) is 138 Å². The first-order valence-electron chi connectivity index (χ1n) is 18.3. The molecule has 0 spiro atoms. The number of aryl methyl sites for hydroxylation is 2. The summed E-state index contributed by atoms with van der Waals surface area (Å²) in [5.41, 5.74) is 14.7. The molecule has 4 heterocycles. The van der Waals surface area contributed by atoms with Crippen molar-refractivity contribution in [2.75, 3.05) is 0 Å². The van der Waals surface area contributed by atoms with Crippen molar-refractivity contribution in [3.63, 3.8) is 0 Å². The Hall–Kier alpha value is -5.38. The van der Waals surface area contributed by atoms with Gasteiger partial charge in [-0.25, -0.2) is 4.98 Å². The van der Waals surface area contributed by atoms with Crippen LogP contribution in [0.2, 0.25) is 0 Å². The topological polar surface area (TPSA) is 63.8 Å². The summed E-state index contributed by atoms with van der Waals surface area (Å²) in [6.07, 6.45) is 3.85. The maximum absolute atomic E-state index is 11.4. The van der Waals surface area contributed by atoms with Crippen molar-refractivity contribution in [1.29, 1.82) is 0 Å². The minimum atomic E-state index is -0.555. The van der Waals surface area contributed by atoms with E-state index in [0.29, 0.717) is 0 Å². The van der Waals surface area contributed by atoms with Crippen molar-refractivity contribution in [2.24, 2.45) is 0 Å². The molecule has 1 aliphatic heterocycles. The molecule has 9 rings (SSSR count). The monoisotopic (exact) mass is 884 g/mol. The number of nitrogens with zero attached hydrogens (tertiary/aromatic N) is 4. The van der Waals surface area contributed by atoms with Gasteiger partial charge in [-0.3, -0.25) is 9.97 Å². The molecule has 5 nitrogen and oxygen atoms in total. The fourth-order valence-corrected chi connectivity index (χ4v) is 8.22. The van der Waals surface area contributed by atoms with Crippen LogP contribution in [0.4, 0.5) is 0 Å². The standard InChI is InChI=1S/C48H41N4O.Pt/c1-28-12-11-13-29(2)41(28)32-16-18-38(50-27-32)35-22-34(23-36(24-35)47(3,4)5)37-25-33(30-14-9-8-10-15-30)26-39-44(37)51-46-43-40(53)19-17-31-20-21-49-45(42(31)43)48(6,7)52(39)46;/h8-21,23-27,53H,1-7H3;/q-1;. The number of phenols is 1. The number of pyridine rings is 2. The number of imidazole rings is 1. The van der Waals surface area contributed by atoms with Gasteiger partial charge in [0.1, 0.15) is 11.6 Å². The maximum Gasteiger partial charge on any atom is 0.145 e. The van der Waals surface area contributed by atoms with E-state index >= 15 is 0 Å². The van der Waals surface area contributed by atoms with Gasteiger partial charge in [0, 0.05) is 44.5 Å². The predicted octanol–water partition coefficient (Wildman–Crippen LogP) is 11.8. The van der Waals surface area contributed by atoms with Gasteiger partial charge in [-0.1, -0.05) is 105 Å². The second kappa shape index (κ2) is 12.9. The summed E-state index contributed by atoms with van der Waals surface area (Å²) in [4.78, 5) is 15.4. The van der Waals surface area contributed by atoms with Crippen LogP contribution in [0.5, 0.6) is 5.75 Å². The maximum atomic E-state index is 11.4. The van der Waals surface area contributed by atoms with Gasteiger partial charge in [0.05, 0.1) is 27.8 Å². The molecule has 54 heavy (non-hydrogen) atoms.